The van der Waals surface area contributed by atoms with E-state index in [-0.39, 0.29) is 25.0 Å². The largest absolute Gasteiger partial charge is 0.483 e. The Morgan fingerprint density at radius 3 is 2.78 bits per heavy atom. The van der Waals surface area contributed by atoms with E-state index in [9.17, 15) is 9.59 Å². The first-order chi connectivity index (χ1) is 12.9. The molecule has 2 amide bonds. The van der Waals surface area contributed by atoms with Crippen LogP contribution in [0.2, 0.25) is 0 Å². The Morgan fingerprint density at radius 1 is 1.26 bits per heavy atom. The number of aromatic nitrogens is 1. The molecule has 0 saturated heterocycles. The van der Waals surface area contributed by atoms with Gasteiger partial charge in [-0.3, -0.25) is 9.59 Å². The number of fused-ring (bicyclic) bond motifs is 1. The van der Waals surface area contributed by atoms with Crippen molar-refractivity contribution in [1.29, 1.82) is 0 Å². The highest BCUT2D eigenvalue weighted by molar-refractivity contribution is 9.10. The minimum Gasteiger partial charge on any atom is -0.483 e. The van der Waals surface area contributed by atoms with E-state index >= 15 is 0 Å². The van der Waals surface area contributed by atoms with Crippen molar-refractivity contribution in [2.75, 3.05) is 25.5 Å². The first-order valence-electron chi connectivity index (χ1n) is 8.21. The van der Waals surface area contributed by atoms with E-state index in [0.717, 1.165) is 15.2 Å². The molecular formula is C19H18BrN3O4. The molecule has 0 fully saturated rings. The molecule has 8 heteroatoms. The number of carbonyl (C=O) groups is 2. The molecule has 1 aromatic heterocycles. The van der Waals surface area contributed by atoms with Gasteiger partial charge in [-0.05, 0) is 39.7 Å². The Labute approximate surface area is 164 Å². The summed E-state index contributed by atoms with van der Waals surface area (Å²) < 4.78 is 11.3. The van der Waals surface area contributed by atoms with E-state index < -0.39 is 0 Å². The molecule has 0 unspecified atom stereocenters. The van der Waals surface area contributed by atoms with Gasteiger partial charge >= 0.3 is 0 Å². The van der Waals surface area contributed by atoms with Crippen LogP contribution in [-0.2, 0) is 9.59 Å². The number of anilines is 1. The molecule has 0 radical (unpaired) electrons. The molecule has 3 rings (SSSR count). The van der Waals surface area contributed by atoms with Gasteiger partial charge in [-0.2, -0.15) is 0 Å². The number of amides is 2. The van der Waals surface area contributed by atoms with Crippen molar-refractivity contribution < 1.29 is 18.8 Å². The average molecular weight is 432 g/mol. The molecule has 0 aliphatic heterocycles. The minimum absolute atomic E-state index is 0.118. The molecule has 0 saturated carbocycles. The fraction of sp³-hybridized carbons (Fsp3) is 0.211. The number of hydrogen-bond acceptors (Lipinski definition) is 5. The van der Waals surface area contributed by atoms with Crippen LogP contribution in [0.1, 0.15) is 5.76 Å². The number of rotatable bonds is 6. The van der Waals surface area contributed by atoms with Gasteiger partial charge < -0.3 is 19.5 Å². The average Bonchev–Trinajstić information content (AvgIpc) is 3.05. The van der Waals surface area contributed by atoms with Gasteiger partial charge in [0, 0.05) is 13.1 Å². The van der Waals surface area contributed by atoms with Crippen LogP contribution in [0.3, 0.4) is 0 Å². The summed E-state index contributed by atoms with van der Waals surface area (Å²) in [5.74, 6) is 0.782. The number of aryl methyl sites for hydroxylation is 1. The number of carbonyl (C=O) groups excluding carboxylic acids is 2. The quantitative estimate of drug-likeness (QED) is 0.646. The van der Waals surface area contributed by atoms with Crippen LogP contribution in [0, 0.1) is 6.92 Å². The van der Waals surface area contributed by atoms with Crippen molar-refractivity contribution in [1.82, 2.24) is 10.1 Å². The van der Waals surface area contributed by atoms with Gasteiger partial charge in [0.1, 0.15) is 11.5 Å². The minimum atomic E-state index is -0.369. The molecule has 0 spiro atoms. The molecule has 27 heavy (non-hydrogen) atoms. The van der Waals surface area contributed by atoms with Gasteiger partial charge in [0.25, 0.3) is 5.91 Å². The van der Waals surface area contributed by atoms with Gasteiger partial charge in [-0.1, -0.05) is 35.5 Å². The van der Waals surface area contributed by atoms with E-state index in [4.69, 9.17) is 9.26 Å². The molecule has 0 aliphatic carbocycles. The highest BCUT2D eigenvalue weighted by Crippen LogP contribution is 2.32. The maximum atomic E-state index is 12.3. The second kappa shape index (κ2) is 8.22. The summed E-state index contributed by atoms with van der Waals surface area (Å²) in [4.78, 5) is 25.5. The Bertz CT molecular complexity index is 986. The number of nitrogens with zero attached hydrogens (tertiary/aromatic N) is 2. The van der Waals surface area contributed by atoms with Gasteiger partial charge in [-0.15, -0.1) is 0 Å². The fourth-order valence-electron chi connectivity index (χ4n) is 2.49. The summed E-state index contributed by atoms with van der Waals surface area (Å²) in [6, 6.07) is 13.2. The Balaban J connectivity index is 1.55. The van der Waals surface area contributed by atoms with Crippen LogP contribution in [0.15, 0.2) is 51.5 Å². The normalized spacial score (nSPS) is 10.6. The Morgan fingerprint density at radius 2 is 2.04 bits per heavy atom. The summed E-state index contributed by atoms with van der Waals surface area (Å²) in [5.41, 5.74) is 0. The number of nitrogens with one attached hydrogen (secondary N) is 1. The van der Waals surface area contributed by atoms with E-state index in [0.29, 0.717) is 17.3 Å². The zero-order valence-corrected chi connectivity index (χ0v) is 16.4. The topological polar surface area (TPSA) is 84.7 Å². The molecule has 3 aromatic rings. The first-order valence-corrected chi connectivity index (χ1v) is 9.00. The molecular weight excluding hydrogens is 414 g/mol. The predicted molar refractivity (Wildman–Crippen MR) is 105 cm³/mol. The van der Waals surface area contributed by atoms with E-state index in [2.05, 4.69) is 26.4 Å². The molecule has 0 atom stereocenters. The monoisotopic (exact) mass is 431 g/mol. The van der Waals surface area contributed by atoms with Crippen LogP contribution >= 0.6 is 15.9 Å². The predicted octanol–water partition coefficient (Wildman–Crippen LogP) is 3.37. The van der Waals surface area contributed by atoms with E-state index in [1.165, 1.54) is 11.9 Å². The smallest absolute Gasteiger partial charge is 0.260 e. The maximum Gasteiger partial charge on any atom is 0.260 e. The molecule has 1 heterocycles. The molecule has 140 valence electrons. The second-order valence-electron chi connectivity index (χ2n) is 6.01. The van der Waals surface area contributed by atoms with E-state index in [1.807, 2.05) is 30.3 Å². The summed E-state index contributed by atoms with van der Waals surface area (Å²) in [5, 5.41) is 8.31. The van der Waals surface area contributed by atoms with E-state index in [1.54, 1.807) is 19.1 Å². The Hall–Kier alpha value is -2.87. The zero-order valence-electron chi connectivity index (χ0n) is 14.9. The lowest BCUT2D eigenvalue weighted by molar-refractivity contribution is -0.135. The first kappa shape index (κ1) is 18.9. The molecule has 0 bridgehead atoms. The van der Waals surface area contributed by atoms with Gasteiger partial charge in [-0.25, -0.2) is 0 Å². The Kier molecular flexibility index (Phi) is 5.75. The van der Waals surface area contributed by atoms with Crippen LogP contribution in [0.5, 0.6) is 5.75 Å². The lowest BCUT2D eigenvalue weighted by Crippen LogP contribution is -2.37. The summed E-state index contributed by atoms with van der Waals surface area (Å²) in [6.07, 6.45) is 0. The van der Waals surface area contributed by atoms with Crippen LogP contribution in [0.25, 0.3) is 10.8 Å². The highest BCUT2D eigenvalue weighted by Gasteiger charge is 2.16. The SMILES string of the molecule is Cc1cc(NC(=O)CN(C)C(=O)COc2ccc3ccccc3c2Br)no1. The second-order valence-corrected chi connectivity index (χ2v) is 6.80. The number of likely N-dealkylation sites (N-methyl/N-ethyl adjacent to an activating group) is 1. The lowest BCUT2D eigenvalue weighted by atomic mass is 10.1. The summed E-state index contributed by atoms with van der Waals surface area (Å²) in [7, 11) is 1.54. The van der Waals surface area contributed by atoms with Gasteiger partial charge in [0.2, 0.25) is 5.91 Å². The van der Waals surface area contributed by atoms with Crippen molar-refractivity contribution in [3.63, 3.8) is 0 Å². The highest BCUT2D eigenvalue weighted by atomic mass is 79.9. The van der Waals surface area contributed by atoms with Gasteiger partial charge in [0.15, 0.2) is 12.4 Å². The van der Waals surface area contributed by atoms with Gasteiger partial charge in [0.05, 0.1) is 11.0 Å². The van der Waals surface area contributed by atoms with Crippen molar-refractivity contribution in [3.8, 4) is 5.75 Å². The van der Waals surface area contributed by atoms with Crippen molar-refractivity contribution in [2.24, 2.45) is 0 Å². The maximum absolute atomic E-state index is 12.3. The van der Waals surface area contributed by atoms with Crippen LogP contribution < -0.4 is 10.1 Å². The lowest BCUT2D eigenvalue weighted by Gasteiger charge is -2.17. The third kappa shape index (κ3) is 4.65. The third-order valence-electron chi connectivity index (χ3n) is 3.88. The zero-order chi connectivity index (χ0) is 19.4. The molecule has 2 aromatic carbocycles. The number of ether oxygens (including phenoxy) is 1. The summed E-state index contributed by atoms with van der Waals surface area (Å²) >= 11 is 3.52. The van der Waals surface area contributed by atoms with Crippen molar-refractivity contribution in [2.45, 2.75) is 6.92 Å². The van der Waals surface area contributed by atoms with Crippen molar-refractivity contribution >= 4 is 44.3 Å². The molecule has 7 nitrogen and oxygen atoms in total. The number of hydrogen-bond donors (Lipinski definition) is 1. The van der Waals surface area contributed by atoms with Crippen LogP contribution in [-0.4, -0.2) is 42.1 Å². The fourth-order valence-corrected chi connectivity index (χ4v) is 3.09. The molecule has 1 N–H and O–H groups in total. The van der Waals surface area contributed by atoms with Crippen LogP contribution in [0.4, 0.5) is 5.82 Å². The standard InChI is InChI=1S/C19H18BrN3O4/c1-12-9-16(22-27-12)21-17(24)10-23(2)18(25)11-26-15-8-7-13-5-3-4-6-14(13)19(15)20/h3-9H,10-11H2,1-2H3,(H,21,22,24). The third-order valence-corrected chi connectivity index (χ3v) is 4.70. The molecule has 0 aliphatic rings. The van der Waals surface area contributed by atoms with Crippen molar-refractivity contribution in [3.05, 3.63) is 52.7 Å². The summed E-state index contributed by atoms with van der Waals surface area (Å²) in [6.45, 7) is 1.43. The number of halogens is 1. The number of benzene rings is 2.